The molecule has 1 atom stereocenters. The molecule has 224 valence electrons. The normalized spacial score (nSPS) is 12.0. The van der Waals surface area contributed by atoms with E-state index in [9.17, 15) is 18.0 Å². The third-order valence-corrected chi connectivity index (χ3v) is 8.94. The molecule has 4 aromatic carbocycles. The quantitative estimate of drug-likeness (QED) is 0.196. The zero-order valence-electron chi connectivity index (χ0n) is 23.9. The lowest BCUT2D eigenvalue weighted by Crippen LogP contribution is -2.54. The maximum atomic E-state index is 14.4. The highest BCUT2D eigenvalue weighted by molar-refractivity contribution is 7.92. The first-order chi connectivity index (χ1) is 20.5. The molecule has 0 saturated carbocycles. The monoisotopic (exact) mass is 637 g/mol. The lowest BCUT2D eigenvalue weighted by atomic mass is 10.0. The van der Waals surface area contributed by atoms with E-state index in [0.717, 1.165) is 9.87 Å². The molecule has 10 heteroatoms. The molecule has 0 radical (unpaired) electrons. The molecule has 0 aliphatic rings. The molecule has 1 N–H and O–H groups in total. The first kappa shape index (κ1) is 32.1. The molecule has 7 nitrogen and oxygen atoms in total. The molecule has 0 unspecified atom stereocenters. The molecule has 0 spiro atoms. The van der Waals surface area contributed by atoms with Crippen LogP contribution in [0.3, 0.4) is 0 Å². The van der Waals surface area contributed by atoms with Gasteiger partial charge in [-0.15, -0.1) is 0 Å². The molecule has 4 rings (SSSR count). The third kappa shape index (κ3) is 8.60. The summed E-state index contributed by atoms with van der Waals surface area (Å²) in [7, 11) is -4.20. The van der Waals surface area contributed by atoms with Crippen molar-refractivity contribution < 1.29 is 18.0 Å². The van der Waals surface area contributed by atoms with E-state index in [-0.39, 0.29) is 29.8 Å². The molecule has 4 aromatic rings. The average molecular weight is 639 g/mol. The first-order valence-electron chi connectivity index (χ1n) is 13.8. The minimum Gasteiger partial charge on any atom is -0.352 e. The highest BCUT2D eigenvalue weighted by atomic mass is 35.5. The second-order valence-corrected chi connectivity index (χ2v) is 13.1. The number of halogens is 2. The van der Waals surface area contributed by atoms with Crippen LogP contribution in [-0.4, -0.2) is 43.8 Å². The third-order valence-electron chi connectivity index (χ3n) is 6.67. The topological polar surface area (TPSA) is 86.8 Å². The van der Waals surface area contributed by atoms with E-state index < -0.39 is 28.5 Å². The minimum atomic E-state index is -4.20. The van der Waals surface area contributed by atoms with Crippen molar-refractivity contribution in [1.82, 2.24) is 10.2 Å². The fourth-order valence-corrected chi connectivity index (χ4v) is 6.38. The zero-order valence-corrected chi connectivity index (χ0v) is 26.2. The maximum Gasteiger partial charge on any atom is 0.264 e. The molecule has 0 aliphatic carbocycles. The second kappa shape index (κ2) is 14.6. The Morgan fingerprint density at radius 1 is 0.767 bits per heavy atom. The van der Waals surface area contributed by atoms with E-state index >= 15 is 0 Å². The van der Waals surface area contributed by atoms with E-state index in [1.807, 2.05) is 50.2 Å². The Bertz CT molecular complexity index is 1630. The van der Waals surface area contributed by atoms with Crippen molar-refractivity contribution in [3.63, 3.8) is 0 Å². The van der Waals surface area contributed by atoms with E-state index in [4.69, 9.17) is 23.2 Å². The Hall–Kier alpha value is -3.85. The van der Waals surface area contributed by atoms with Crippen molar-refractivity contribution in [1.29, 1.82) is 0 Å². The van der Waals surface area contributed by atoms with Gasteiger partial charge in [0.2, 0.25) is 11.8 Å². The Kier molecular flexibility index (Phi) is 10.9. The van der Waals surface area contributed by atoms with Crippen LogP contribution in [0, 0.1) is 0 Å². The summed E-state index contributed by atoms with van der Waals surface area (Å²) in [5.41, 5.74) is 1.85. The van der Waals surface area contributed by atoms with Crippen LogP contribution in [0.1, 0.15) is 25.0 Å². The predicted octanol–water partition coefficient (Wildman–Crippen LogP) is 6.35. The number of hydrogen-bond acceptors (Lipinski definition) is 4. The maximum absolute atomic E-state index is 14.4. The first-order valence-corrected chi connectivity index (χ1v) is 16.0. The van der Waals surface area contributed by atoms with Crippen LogP contribution in [0.2, 0.25) is 10.0 Å². The number of nitrogens with zero attached hydrogens (tertiary/aromatic N) is 2. The Morgan fingerprint density at radius 3 is 1.98 bits per heavy atom. The van der Waals surface area contributed by atoms with Crippen LogP contribution in [0.5, 0.6) is 0 Å². The number of amides is 2. The number of benzene rings is 4. The molecular formula is C33H33Cl2N3O4S. The van der Waals surface area contributed by atoms with Gasteiger partial charge in [0.1, 0.15) is 12.6 Å². The largest absolute Gasteiger partial charge is 0.352 e. The number of rotatable bonds is 12. The van der Waals surface area contributed by atoms with Crippen LogP contribution in [0.15, 0.2) is 114 Å². The molecule has 0 aromatic heterocycles. The average Bonchev–Trinajstić information content (AvgIpc) is 2.98. The van der Waals surface area contributed by atoms with Gasteiger partial charge in [-0.2, -0.15) is 0 Å². The van der Waals surface area contributed by atoms with Gasteiger partial charge in [-0.25, -0.2) is 8.42 Å². The molecule has 0 fully saturated rings. The van der Waals surface area contributed by atoms with Gasteiger partial charge in [0.25, 0.3) is 10.0 Å². The van der Waals surface area contributed by atoms with Crippen molar-refractivity contribution in [2.24, 2.45) is 0 Å². The summed E-state index contributed by atoms with van der Waals surface area (Å²) >= 11 is 12.3. The van der Waals surface area contributed by atoms with Crippen molar-refractivity contribution >= 4 is 50.7 Å². The highest BCUT2D eigenvalue weighted by Gasteiger charge is 2.34. The van der Waals surface area contributed by atoms with Crippen LogP contribution in [0.4, 0.5) is 5.69 Å². The smallest absolute Gasteiger partial charge is 0.264 e. The van der Waals surface area contributed by atoms with Gasteiger partial charge in [-0.1, -0.05) is 83.9 Å². The van der Waals surface area contributed by atoms with Gasteiger partial charge in [-0.3, -0.25) is 13.9 Å². The standard InChI is InChI=1S/C33H33Cl2N3O4S/c1-24(2)36-33(40)31(21-25-10-5-3-6-11-25)37(22-26-12-9-13-28(35)20-26)32(39)23-38(29-14-7-4-8-15-29)43(41,42)30-18-16-27(34)17-19-30/h3-20,24,31H,21-23H2,1-2H3,(H,36,40)/t31-/m1/s1. The van der Waals surface area contributed by atoms with Gasteiger partial charge < -0.3 is 10.2 Å². The lowest BCUT2D eigenvalue weighted by Gasteiger charge is -2.34. The molecule has 43 heavy (non-hydrogen) atoms. The molecule has 0 heterocycles. The van der Waals surface area contributed by atoms with Crippen molar-refractivity contribution in [3.8, 4) is 0 Å². The number of sulfonamides is 1. The predicted molar refractivity (Wildman–Crippen MR) is 172 cm³/mol. The SMILES string of the molecule is CC(C)NC(=O)[C@@H](Cc1ccccc1)N(Cc1cccc(Cl)c1)C(=O)CN(c1ccccc1)S(=O)(=O)c1ccc(Cl)cc1. The second-order valence-electron chi connectivity index (χ2n) is 10.3. The van der Waals surface area contributed by atoms with Gasteiger partial charge in [0.05, 0.1) is 10.6 Å². The van der Waals surface area contributed by atoms with Gasteiger partial charge >= 0.3 is 0 Å². The molecular weight excluding hydrogens is 605 g/mol. The van der Waals surface area contributed by atoms with Gasteiger partial charge in [-0.05, 0) is 73.5 Å². The van der Waals surface area contributed by atoms with E-state index in [2.05, 4.69) is 5.32 Å². The molecule has 0 bridgehead atoms. The van der Waals surface area contributed by atoms with Crippen LogP contribution < -0.4 is 9.62 Å². The summed E-state index contributed by atoms with van der Waals surface area (Å²) in [6.07, 6.45) is 0.223. The van der Waals surface area contributed by atoms with Crippen molar-refractivity contribution in [2.75, 3.05) is 10.8 Å². The molecule has 0 saturated heterocycles. The number of anilines is 1. The lowest BCUT2D eigenvalue weighted by molar-refractivity contribution is -0.140. The Balaban J connectivity index is 1.79. The number of carbonyl (C=O) groups is 2. The summed E-state index contributed by atoms with van der Waals surface area (Å²) in [4.78, 5) is 29.5. The number of carbonyl (C=O) groups excluding carboxylic acids is 2. The van der Waals surface area contributed by atoms with E-state index in [0.29, 0.717) is 21.3 Å². The molecule has 0 aliphatic heterocycles. The fraction of sp³-hybridized carbons (Fsp3) is 0.212. The summed E-state index contributed by atoms with van der Waals surface area (Å²) in [6.45, 7) is 3.18. The van der Waals surface area contributed by atoms with Crippen LogP contribution in [0.25, 0.3) is 0 Å². The van der Waals surface area contributed by atoms with Crippen molar-refractivity contribution in [3.05, 3.63) is 130 Å². The summed E-state index contributed by atoms with van der Waals surface area (Å²) < 4.78 is 29.0. The summed E-state index contributed by atoms with van der Waals surface area (Å²) in [5, 5.41) is 3.80. The Morgan fingerprint density at radius 2 is 1.37 bits per heavy atom. The number of para-hydroxylation sites is 1. The zero-order chi connectivity index (χ0) is 31.0. The van der Waals surface area contributed by atoms with E-state index in [1.165, 1.54) is 29.2 Å². The molecule has 2 amide bonds. The van der Waals surface area contributed by atoms with E-state index in [1.54, 1.807) is 48.5 Å². The fourth-order valence-electron chi connectivity index (χ4n) is 4.62. The van der Waals surface area contributed by atoms with Crippen LogP contribution in [-0.2, 0) is 32.6 Å². The van der Waals surface area contributed by atoms with Gasteiger partial charge in [0.15, 0.2) is 0 Å². The minimum absolute atomic E-state index is 0.0201. The van der Waals surface area contributed by atoms with Crippen molar-refractivity contribution in [2.45, 2.75) is 43.8 Å². The van der Waals surface area contributed by atoms with Gasteiger partial charge in [0, 0.05) is 29.1 Å². The highest BCUT2D eigenvalue weighted by Crippen LogP contribution is 2.26. The Labute approximate surface area is 263 Å². The van der Waals surface area contributed by atoms with Crippen LogP contribution >= 0.6 is 23.2 Å². The summed E-state index contributed by atoms with van der Waals surface area (Å²) in [6, 6.07) is 29.4. The number of hydrogen-bond donors (Lipinski definition) is 1. The summed E-state index contributed by atoms with van der Waals surface area (Å²) in [5.74, 6) is -0.901. The number of nitrogens with one attached hydrogen (secondary N) is 1.